The van der Waals surface area contributed by atoms with Crippen LogP contribution in [0.1, 0.15) is 47.8 Å². The maximum absolute atomic E-state index is 15.5. The predicted molar refractivity (Wildman–Crippen MR) is 166 cm³/mol. The first-order valence-electron chi connectivity index (χ1n) is 15.4. The van der Waals surface area contributed by atoms with Gasteiger partial charge in [0, 0.05) is 31.1 Å². The van der Waals surface area contributed by atoms with Gasteiger partial charge in [-0.2, -0.15) is 0 Å². The van der Waals surface area contributed by atoms with E-state index in [1.807, 2.05) is 18.2 Å². The largest absolute Gasteiger partial charge is 0.486 e. The topological polar surface area (TPSA) is 44.7 Å². The SMILES string of the molecule is CN(C)C1CCN(c2ccc(Cc3ncc(F)c(-c4cc(F)c5c(c4)N(C4CCc6ccccc64)CCO5)n3)cc2F)CC1. The van der Waals surface area contributed by atoms with Gasteiger partial charge in [0.2, 0.25) is 0 Å². The average Bonchev–Trinajstić information content (AvgIpc) is 3.46. The van der Waals surface area contributed by atoms with Crippen molar-refractivity contribution in [3.63, 3.8) is 0 Å². The number of nitrogens with zero attached hydrogens (tertiary/aromatic N) is 5. The Labute approximate surface area is 256 Å². The molecule has 3 aliphatic rings. The fraction of sp³-hybridized carbons (Fsp3) is 0.371. The van der Waals surface area contributed by atoms with E-state index in [0.29, 0.717) is 47.5 Å². The fourth-order valence-corrected chi connectivity index (χ4v) is 7.03. The van der Waals surface area contributed by atoms with Crippen molar-refractivity contribution in [2.45, 2.75) is 44.2 Å². The van der Waals surface area contributed by atoms with E-state index in [1.54, 1.807) is 12.1 Å². The van der Waals surface area contributed by atoms with Crippen molar-refractivity contribution >= 4 is 11.4 Å². The summed E-state index contributed by atoms with van der Waals surface area (Å²) < 4.78 is 51.7. The molecule has 1 fully saturated rings. The minimum Gasteiger partial charge on any atom is -0.486 e. The first kappa shape index (κ1) is 28.6. The highest BCUT2D eigenvalue weighted by Gasteiger charge is 2.33. The summed E-state index contributed by atoms with van der Waals surface area (Å²) >= 11 is 0. The minimum atomic E-state index is -0.648. The smallest absolute Gasteiger partial charge is 0.178 e. The number of ether oxygens (including phenoxy) is 1. The molecule has 0 radical (unpaired) electrons. The molecule has 9 heteroatoms. The van der Waals surface area contributed by atoms with Crippen LogP contribution in [-0.2, 0) is 12.8 Å². The summed E-state index contributed by atoms with van der Waals surface area (Å²) in [5.74, 6) is -0.985. The lowest BCUT2D eigenvalue weighted by Gasteiger charge is -2.37. The number of anilines is 2. The van der Waals surface area contributed by atoms with Crippen LogP contribution in [0.15, 0.2) is 60.8 Å². The van der Waals surface area contributed by atoms with Gasteiger partial charge in [0.25, 0.3) is 0 Å². The Hall–Kier alpha value is -4.11. The number of aryl methyl sites for hydroxylation is 1. The quantitative estimate of drug-likeness (QED) is 0.250. The van der Waals surface area contributed by atoms with Crippen LogP contribution in [0.25, 0.3) is 11.3 Å². The van der Waals surface area contributed by atoms with Gasteiger partial charge < -0.3 is 19.4 Å². The lowest BCUT2D eigenvalue weighted by atomic mass is 10.0. The first-order valence-corrected chi connectivity index (χ1v) is 15.4. The number of halogens is 3. The molecule has 2 aliphatic heterocycles. The number of fused-ring (bicyclic) bond motifs is 2. The van der Waals surface area contributed by atoms with Gasteiger partial charge in [-0.1, -0.05) is 30.3 Å². The van der Waals surface area contributed by atoms with Crippen LogP contribution >= 0.6 is 0 Å². The van der Waals surface area contributed by atoms with Crippen LogP contribution in [0.4, 0.5) is 24.5 Å². The molecule has 44 heavy (non-hydrogen) atoms. The normalized spacial score (nSPS) is 18.4. The van der Waals surface area contributed by atoms with Crippen LogP contribution in [-0.4, -0.2) is 61.2 Å². The molecule has 1 atom stereocenters. The van der Waals surface area contributed by atoms with Crippen LogP contribution in [0.2, 0.25) is 0 Å². The number of piperidine rings is 1. The summed E-state index contributed by atoms with van der Waals surface area (Å²) in [6.45, 7) is 2.58. The second-order valence-electron chi connectivity index (χ2n) is 12.2. The van der Waals surface area contributed by atoms with Gasteiger partial charge in [-0.15, -0.1) is 0 Å². The van der Waals surface area contributed by atoms with Gasteiger partial charge in [0.05, 0.1) is 30.2 Å². The first-order chi connectivity index (χ1) is 21.4. The van der Waals surface area contributed by atoms with Crippen LogP contribution in [0.5, 0.6) is 5.75 Å². The number of rotatable bonds is 6. The molecule has 1 aliphatic carbocycles. The molecule has 0 amide bonds. The van der Waals surface area contributed by atoms with E-state index in [4.69, 9.17) is 4.74 Å². The van der Waals surface area contributed by atoms with Crippen LogP contribution < -0.4 is 14.5 Å². The molecule has 4 aromatic rings. The van der Waals surface area contributed by atoms with E-state index in [2.05, 4.69) is 50.9 Å². The summed E-state index contributed by atoms with van der Waals surface area (Å²) in [7, 11) is 4.17. The Morgan fingerprint density at radius 2 is 1.70 bits per heavy atom. The molecule has 1 aromatic heterocycles. The monoisotopic (exact) mass is 599 g/mol. The van der Waals surface area contributed by atoms with Crippen molar-refractivity contribution in [2.75, 3.05) is 50.1 Å². The fourth-order valence-electron chi connectivity index (χ4n) is 7.03. The summed E-state index contributed by atoms with van der Waals surface area (Å²) in [4.78, 5) is 15.2. The number of benzene rings is 3. The van der Waals surface area contributed by atoms with Crippen LogP contribution in [0.3, 0.4) is 0 Å². The summed E-state index contributed by atoms with van der Waals surface area (Å²) in [6.07, 6.45) is 5.17. The summed E-state index contributed by atoms with van der Waals surface area (Å²) in [5.41, 5.74) is 4.72. The number of aromatic nitrogens is 2. The Balaban J connectivity index is 1.14. The molecule has 0 saturated carbocycles. The Morgan fingerprint density at radius 1 is 0.886 bits per heavy atom. The van der Waals surface area contributed by atoms with Gasteiger partial charge >= 0.3 is 0 Å². The highest BCUT2D eigenvalue weighted by Crippen LogP contribution is 2.45. The predicted octanol–water partition coefficient (Wildman–Crippen LogP) is 6.57. The second-order valence-corrected chi connectivity index (χ2v) is 12.2. The molecule has 1 unspecified atom stereocenters. The van der Waals surface area contributed by atoms with E-state index < -0.39 is 11.6 Å². The van der Waals surface area contributed by atoms with Gasteiger partial charge in [-0.3, -0.25) is 0 Å². The van der Waals surface area contributed by atoms with Crippen LogP contribution in [0, 0.1) is 17.5 Å². The van der Waals surface area contributed by atoms with Gasteiger partial charge in [-0.05, 0) is 80.7 Å². The third kappa shape index (κ3) is 5.38. The lowest BCUT2D eigenvalue weighted by molar-refractivity contribution is 0.249. The maximum Gasteiger partial charge on any atom is 0.178 e. The highest BCUT2D eigenvalue weighted by atomic mass is 19.1. The van der Waals surface area contributed by atoms with Crippen molar-refractivity contribution in [3.05, 3.63) is 101 Å². The van der Waals surface area contributed by atoms with Crippen molar-refractivity contribution in [2.24, 2.45) is 0 Å². The van der Waals surface area contributed by atoms with E-state index in [-0.39, 0.29) is 29.7 Å². The van der Waals surface area contributed by atoms with Crippen molar-refractivity contribution < 1.29 is 17.9 Å². The van der Waals surface area contributed by atoms with E-state index in [0.717, 1.165) is 45.0 Å². The lowest BCUT2D eigenvalue weighted by Crippen LogP contribution is -2.42. The number of hydrogen-bond donors (Lipinski definition) is 0. The Morgan fingerprint density at radius 3 is 2.50 bits per heavy atom. The molecule has 6 nitrogen and oxygen atoms in total. The molecule has 7 rings (SSSR count). The molecule has 3 aromatic carbocycles. The zero-order chi connectivity index (χ0) is 30.4. The molecule has 228 valence electrons. The second kappa shape index (κ2) is 11.8. The molecule has 0 bridgehead atoms. The van der Waals surface area contributed by atoms with Gasteiger partial charge in [-0.25, -0.2) is 23.1 Å². The number of hydrogen-bond acceptors (Lipinski definition) is 6. The molecule has 1 saturated heterocycles. The summed E-state index contributed by atoms with van der Waals surface area (Å²) in [5, 5.41) is 0. The van der Waals surface area contributed by atoms with Gasteiger partial charge in [0.15, 0.2) is 17.4 Å². The zero-order valence-electron chi connectivity index (χ0n) is 25.1. The molecule has 0 N–H and O–H groups in total. The average molecular weight is 600 g/mol. The Bertz CT molecular complexity index is 1690. The van der Waals surface area contributed by atoms with E-state index in [1.165, 1.54) is 23.3 Å². The highest BCUT2D eigenvalue weighted by molar-refractivity contribution is 5.73. The van der Waals surface area contributed by atoms with E-state index in [9.17, 15) is 0 Å². The molecular weight excluding hydrogens is 563 g/mol. The minimum absolute atomic E-state index is 0.00917. The Kier molecular flexibility index (Phi) is 7.66. The van der Waals surface area contributed by atoms with Crippen molar-refractivity contribution in [1.29, 1.82) is 0 Å². The zero-order valence-corrected chi connectivity index (χ0v) is 25.1. The van der Waals surface area contributed by atoms with E-state index >= 15 is 13.2 Å². The third-order valence-corrected chi connectivity index (χ3v) is 9.37. The molecule has 3 heterocycles. The maximum atomic E-state index is 15.5. The van der Waals surface area contributed by atoms with Crippen molar-refractivity contribution in [3.8, 4) is 17.0 Å². The standard InChI is InChI=1S/C35H36F3N5O/c1-41(2)25-11-13-42(14-12-25)31-9-7-22(17-27(31)36)18-33-39-21-29(38)34(40-33)24-19-28(37)35-32(20-24)43(15-16-44-35)30-10-8-23-5-3-4-6-26(23)30/h3-7,9,17,19-21,25,30H,8,10-16,18H2,1-2H3. The third-order valence-electron chi connectivity index (χ3n) is 9.37. The summed E-state index contributed by atoms with van der Waals surface area (Å²) in [6, 6.07) is 17.2. The van der Waals surface area contributed by atoms with Crippen molar-refractivity contribution in [1.82, 2.24) is 14.9 Å². The molecule has 0 spiro atoms. The molecular formula is C35H36F3N5O. The van der Waals surface area contributed by atoms with Gasteiger partial charge in [0.1, 0.15) is 23.9 Å².